The van der Waals surface area contributed by atoms with Crippen LogP contribution in [0.1, 0.15) is 43.9 Å². The first kappa shape index (κ1) is 21.8. The molecular formula is C26H29N5OS. The van der Waals surface area contributed by atoms with E-state index in [9.17, 15) is 4.79 Å². The van der Waals surface area contributed by atoms with Crippen molar-refractivity contribution in [2.24, 2.45) is 5.41 Å². The highest BCUT2D eigenvalue weighted by Gasteiger charge is 2.41. The van der Waals surface area contributed by atoms with Gasteiger partial charge in [-0.2, -0.15) is 4.98 Å². The molecule has 0 unspecified atom stereocenters. The lowest BCUT2D eigenvalue weighted by Gasteiger charge is -2.38. The summed E-state index contributed by atoms with van der Waals surface area (Å²) in [7, 11) is 4.05. The van der Waals surface area contributed by atoms with Crippen LogP contribution in [0.2, 0.25) is 0 Å². The molecule has 0 amide bonds. The van der Waals surface area contributed by atoms with E-state index in [2.05, 4.69) is 60.5 Å². The molecule has 2 aromatic carbocycles. The molecule has 1 aliphatic carbocycles. The normalized spacial score (nSPS) is 19.0. The zero-order chi connectivity index (χ0) is 23.2. The first-order valence-corrected chi connectivity index (χ1v) is 12.2. The topological polar surface area (TPSA) is 63.1 Å². The van der Waals surface area contributed by atoms with Crippen molar-refractivity contribution in [3.63, 3.8) is 0 Å². The zero-order valence-electron chi connectivity index (χ0n) is 19.5. The van der Waals surface area contributed by atoms with Crippen molar-refractivity contribution >= 4 is 29.2 Å². The molecule has 2 heterocycles. The van der Waals surface area contributed by atoms with E-state index >= 15 is 0 Å². The number of anilines is 2. The van der Waals surface area contributed by atoms with Gasteiger partial charge in [-0.25, -0.2) is 4.68 Å². The lowest BCUT2D eigenvalue weighted by Crippen LogP contribution is -2.36. The molecule has 3 aromatic rings. The molecule has 6 nitrogen and oxygen atoms in total. The number of carbonyl (C=O) groups excluding carboxylic acids is 1. The molecule has 33 heavy (non-hydrogen) atoms. The molecule has 1 N–H and O–H groups in total. The molecule has 5 rings (SSSR count). The fourth-order valence-electron chi connectivity index (χ4n) is 4.64. The summed E-state index contributed by atoms with van der Waals surface area (Å²) in [5.74, 6) is 1.69. The molecule has 7 heteroatoms. The molecule has 2 aliphatic rings. The Kier molecular flexibility index (Phi) is 5.52. The maximum atomic E-state index is 13.4. The molecule has 0 spiro atoms. The summed E-state index contributed by atoms with van der Waals surface area (Å²) >= 11 is 1.61. The number of thioether (sulfide) groups is 1. The number of hydrogen-bond acceptors (Lipinski definition) is 6. The third kappa shape index (κ3) is 4.29. The van der Waals surface area contributed by atoms with Gasteiger partial charge in [0, 0.05) is 43.2 Å². The average Bonchev–Trinajstić information content (AvgIpc) is 3.18. The van der Waals surface area contributed by atoms with Gasteiger partial charge in [0.15, 0.2) is 5.78 Å². The Morgan fingerprint density at radius 1 is 1.09 bits per heavy atom. The number of nitrogens with one attached hydrogen (secondary N) is 1. The SMILES string of the molecule is CN(C)c1ccc([C@@H]2C3=C(CC(C)(C)CC3=O)Nc3nc(SCc4ccccc4)nn32)cc1. The van der Waals surface area contributed by atoms with Gasteiger partial charge in [0.2, 0.25) is 11.1 Å². The van der Waals surface area contributed by atoms with E-state index in [1.807, 2.05) is 37.0 Å². The fourth-order valence-corrected chi connectivity index (χ4v) is 5.42. The van der Waals surface area contributed by atoms with Crippen LogP contribution in [0, 0.1) is 5.41 Å². The number of ketones is 1. The fraction of sp³-hybridized carbons (Fsp3) is 0.346. The third-order valence-electron chi connectivity index (χ3n) is 6.25. The predicted molar refractivity (Wildman–Crippen MR) is 134 cm³/mol. The minimum absolute atomic E-state index is 0.0741. The summed E-state index contributed by atoms with van der Waals surface area (Å²) < 4.78 is 1.90. The highest BCUT2D eigenvalue weighted by Crippen LogP contribution is 2.45. The lowest BCUT2D eigenvalue weighted by molar-refractivity contribution is -0.118. The number of carbonyl (C=O) groups is 1. The molecule has 0 radical (unpaired) electrons. The van der Waals surface area contributed by atoms with E-state index < -0.39 is 0 Å². The monoisotopic (exact) mass is 459 g/mol. The molecular weight excluding hydrogens is 430 g/mol. The number of aromatic nitrogens is 3. The van der Waals surface area contributed by atoms with E-state index in [1.54, 1.807) is 11.8 Å². The Morgan fingerprint density at radius 3 is 2.52 bits per heavy atom. The second-order valence-electron chi connectivity index (χ2n) is 9.78. The summed E-state index contributed by atoms with van der Waals surface area (Å²) in [6.45, 7) is 4.30. The first-order valence-electron chi connectivity index (χ1n) is 11.2. The van der Waals surface area contributed by atoms with Crippen LogP contribution in [-0.2, 0) is 10.5 Å². The third-order valence-corrected chi connectivity index (χ3v) is 7.16. The molecule has 0 bridgehead atoms. The lowest BCUT2D eigenvalue weighted by atomic mass is 9.73. The second kappa shape index (κ2) is 8.37. The number of nitrogens with zero attached hydrogens (tertiary/aromatic N) is 4. The van der Waals surface area contributed by atoms with E-state index in [0.29, 0.717) is 17.5 Å². The Hall–Kier alpha value is -3.06. The molecule has 1 aromatic heterocycles. The van der Waals surface area contributed by atoms with Gasteiger partial charge in [-0.1, -0.05) is 68.1 Å². The van der Waals surface area contributed by atoms with Crippen molar-refractivity contribution in [1.82, 2.24) is 14.8 Å². The summed E-state index contributed by atoms with van der Waals surface area (Å²) in [4.78, 5) is 20.2. The van der Waals surface area contributed by atoms with Crippen LogP contribution < -0.4 is 10.2 Å². The number of allylic oxidation sites excluding steroid dienone is 2. The standard InChI is InChI=1S/C26H29N5OS/c1-26(2)14-20-22(21(32)15-26)23(18-10-12-19(13-11-18)30(3)4)31-24(27-20)28-25(29-31)33-16-17-8-6-5-7-9-17/h5-13,23H,14-16H2,1-4H3,(H,27,28,29)/t23-/m1/s1. The number of Topliss-reactive ketones (excluding diaryl/α,β-unsaturated/α-hetero) is 1. The summed E-state index contributed by atoms with van der Waals surface area (Å²) in [6, 6.07) is 18.4. The Morgan fingerprint density at radius 2 is 1.82 bits per heavy atom. The van der Waals surface area contributed by atoms with Gasteiger partial charge >= 0.3 is 0 Å². The van der Waals surface area contributed by atoms with Crippen LogP contribution >= 0.6 is 11.8 Å². The van der Waals surface area contributed by atoms with Crippen molar-refractivity contribution < 1.29 is 4.79 Å². The van der Waals surface area contributed by atoms with Gasteiger partial charge in [-0.05, 0) is 35.1 Å². The van der Waals surface area contributed by atoms with Gasteiger partial charge in [-0.3, -0.25) is 4.79 Å². The number of fused-ring (bicyclic) bond motifs is 1. The predicted octanol–water partition coefficient (Wildman–Crippen LogP) is 5.29. The van der Waals surface area contributed by atoms with Crippen molar-refractivity contribution in [3.8, 4) is 0 Å². The number of benzene rings is 2. The first-order chi connectivity index (χ1) is 15.8. The van der Waals surface area contributed by atoms with Crippen LogP contribution in [0.25, 0.3) is 0 Å². The van der Waals surface area contributed by atoms with Crippen LogP contribution in [0.4, 0.5) is 11.6 Å². The maximum Gasteiger partial charge on any atom is 0.227 e. The van der Waals surface area contributed by atoms with E-state index in [-0.39, 0.29) is 17.2 Å². The van der Waals surface area contributed by atoms with Gasteiger partial charge in [-0.15, -0.1) is 5.10 Å². The highest BCUT2D eigenvalue weighted by molar-refractivity contribution is 7.98. The summed E-state index contributed by atoms with van der Waals surface area (Å²) in [6.07, 6.45) is 1.36. The smallest absolute Gasteiger partial charge is 0.227 e. The van der Waals surface area contributed by atoms with Crippen LogP contribution in [-0.4, -0.2) is 34.6 Å². The molecule has 0 fully saturated rings. The maximum absolute atomic E-state index is 13.4. The number of hydrogen-bond donors (Lipinski definition) is 1. The van der Waals surface area contributed by atoms with E-state index in [4.69, 9.17) is 10.1 Å². The van der Waals surface area contributed by atoms with Crippen LogP contribution in [0.3, 0.4) is 0 Å². The van der Waals surface area contributed by atoms with Crippen LogP contribution in [0.5, 0.6) is 0 Å². The van der Waals surface area contributed by atoms with Gasteiger partial charge < -0.3 is 10.2 Å². The van der Waals surface area contributed by atoms with E-state index in [1.165, 1.54) is 5.56 Å². The van der Waals surface area contributed by atoms with Gasteiger partial charge in [0.1, 0.15) is 6.04 Å². The van der Waals surface area contributed by atoms with Crippen molar-refractivity contribution in [1.29, 1.82) is 0 Å². The van der Waals surface area contributed by atoms with Gasteiger partial charge in [0.25, 0.3) is 0 Å². The molecule has 0 saturated carbocycles. The van der Waals surface area contributed by atoms with E-state index in [0.717, 1.165) is 34.7 Å². The minimum atomic E-state index is -0.269. The quantitative estimate of drug-likeness (QED) is 0.523. The Balaban J connectivity index is 1.53. The average molecular weight is 460 g/mol. The zero-order valence-corrected chi connectivity index (χ0v) is 20.3. The summed E-state index contributed by atoms with van der Waals surface area (Å²) in [5, 5.41) is 9.02. The largest absolute Gasteiger partial charge is 0.378 e. The Labute approximate surface area is 199 Å². The molecule has 0 saturated heterocycles. The van der Waals surface area contributed by atoms with Crippen molar-refractivity contribution in [2.75, 3.05) is 24.3 Å². The van der Waals surface area contributed by atoms with Crippen LogP contribution in [0.15, 0.2) is 71.0 Å². The number of rotatable bonds is 5. The molecule has 170 valence electrons. The molecule has 1 atom stereocenters. The second-order valence-corrected chi connectivity index (χ2v) is 10.7. The van der Waals surface area contributed by atoms with Crippen molar-refractivity contribution in [3.05, 3.63) is 77.0 Å². The minimum Gasteiger partial charge on any atom is -0.378 e. The Bertz CT molecular complexity index is 1210. The highest BCUT2D eigenvalue weighted by atomic mass is 32.2. The van der Waals surface area contributed by atoms with Crippen molar-refractivity contribution in [2.45, 2.75) is 43.6 Å². The summed E-state index contributed by atoms with van der Waals surface area (Å²) in [5.41, 5.74) is 5.13. The molecule has 1 aliphatic heterocycles. The van der Waals surface area contributed by atoms with Gasteiger partial charge in [0.05, 0.1) is 0 Å².